The number of nitrogens with one attached hydrogen (secondary N) is 2. The van der Waals surface area contributed by atoms with E-state index in [0.717, 1.165) is 55.7 Å². The highest BCUT2D eigenvalue weighted by atomic mass is 16.5. The van der Waals surface area contributed by atoms with Crippen molar-refractivity contribution in [2.75, 3.05) is 43.4 Å². The van der Waals surface area contributed by atoms with E-state index in [1.165, 1.54) is 5.56 Å². The number of hydrogen-bond acceptors (Lipinski definition) is 6. The molecule has 5 rings (SSSR count). The van der Waals surface area contributed by atoms with Gasteiger partial charge in [0.15, 0.2) is 6.61 Å². The van der Waals surface area contributed by atoms with Gasteiger partial charge in [0.2, 0.25) is 5.88 Å². The molecule has 3 aliphatic heterocycles. The Bertz CT molecular complexity index is 1060. The van der Waals surface area contributed by atoms with Crippen LogP contribution in [0.5, 0.6) is 5.88 Å². The topological polar surface area (TPSA) is 99.7 Å². The van der Waals surface area contributed by atoms with Gasteiger partial charge in [0.1, 0.15) is 11.5 Å². The molecule has 0 spiro atoms. The van der Waals surface area contributed by atoms with Gasteiger partial charge in [0, 0.05) is 38.1 Å². The van der Waals surface area contributed by atoms with Gasteiger partial charge in [-0.3, -0.25) is 4.79 Å². The minimum atomic E-state index is -0.192. The second kappa shape index (κ2) is 9.25. The molecule has 0 saturated carbocycles. The first-order chi connectivity index (χ1) is 16.1. The van der Waals surface area contributed by atoms with Crippen LogP contribution in [0.15, 0.2) is 24.4 Å². The first-order valence-electron chi connectivity index (χ1n) is 11.8. The van der Waals surface area contributed by atoms with Gasteiger partial charge in [0.25, 0.3) is 5.91 Å². The highest BCUT2D eigenvalue weighted by Crippen LogP contribution is 2.33. The third-order valence-electron chi connectivity index (χ3n) is 6.57. The fraction of sp³-hybridized carbons (Fsp3) is 0.500. The van der Waals surface area contributed by atoms with Crippen molar-refractivity contribution in [3.63, 3.8) is 0 Å². The Morgan fingerprint density at radius 2 is 2.15 bits per heavy atom. The lowest BCUT2D eigenvalue weighted by molar-refractivity contribution is -0.118. The van der Waals surface area contributed by atoms with Crippen molar-refractivity contribution < 1.29 is 14.3 Å². The number of hydrogen-bond donors (Lipinski definition) is 2. The Morgan fingerprint density at radius 1 is 1.24 bits per heavy atom. The van der Waals surface area contributed by atoms with Crippen LogP contribution >= 0.6 is 0 Å². The van der Waals surface area contributed by atoms with Gasteiger partial charge in [-0.15, -0.1) is 0 Å². The summed E-state index contributed by atoms with van der Waals surface area (Å²) in [4.78, 5) is 37.8. The summed E-state index contributed by atoms with van der Waals surface area (Å²) in [5.41, 5.74) is 3.84. The second-order valence-corrected chi connectivity index (χ2v) is 8.79. The van der Waals surface area contributed by atoms with Gasteiger partial charge in [-0.2, -0.15) is 0 Å². The number of carbonyl (C=O) groups is 2. The lowest BCUT2D eigenvalue weighted by Gasteiger charge is -2.28. The number of rotatable bonds is 7. The Labute approximate surface area is 193 Å². The molecule has 1 atom stereocenters. The summed E-state index contributed by atoms with van der Waals surface area (Å²) in [5, 5.41) is 6.19. The Morgan fingerprint density at radius 3 is 3.03 bits per heavy atom. The zero-order valence-electron chi connectivity index (χ0n) is 19.0. The predicted molar refractivity (Wildman–Crippen MR) is 124 cm³/mol. The zero-order chi connectivity index (χ0) is 22.8. The molecule has 5 heterocycles. The van der Waals surface area contributed by atoms with E-state index in [1.54, 1.807) is 6.20 Å². The van der Waals surface area contributed by atoms with Crippen molar-refractivity contribution in [1.82, 2.24) is 19.8 Å². The van der Waals surface area contributed by atoms with E-state index in [-0.39, 0.29) is 24.6 Å². The number of nitrogens with zero attached hydrogens (tertiary/aromatic N) is 4. The van der Waals surface area contributed by atoms with E-state index in [2.05, 4.69) is 34.7 Å². The maximum Gasteiger partial charge on any atom is 0.320 e. The maximum absolute atomic E-state index is 13.2. The van der Waals surface area contributed by atoms with Crippen molar-refractivity contribution >= 4 is 23.4 Å². The molecule has 1 saturated heterocycles. The Hall–Kier alpha value is -3.36. The Balaban J connectivity index is 1.20. The second-order valence-electron chi connectivity index (χ2n) is 8.79. The molecular formula is C24H30N6O3. The number of carbonyl (C=O) groups excluding carboxylic acids is 2. The van der Waals surface area contributed by atoms with Crippen molar-refractivity contribution in [3.8, 4) is 5.88 Å². The van der Waals surface area contributed by atoms with Gasteiger partial charge in [0.05, 0.1) is 6.04 Å². The van der Waals surface area contributed by atoms with E-state index in [4.69, 9.17) is 9.72 Å². The predicted octanol–water partition coefficient (Wildman–Crippen LogP) is 2.99. The first-order valence-corrected chi connectivity index (χ1v) is 11.8. The number of aromatic nitrogens is 2. The first kappa shape index (κ1) is 21.5. The zero-order valence-corrected chi connectivity index (χ0v) is 19.0. The van der Waals surface area contributed by atoms with Crippen LogP contribution in [0.2, 0.25) is 0 Å². The molecule has 1 unspecified atom stereocenters. The molecule has 33 heavy (non-hydrogen) atoms. The number of urea groups is 1. The van der Waals surface area contributed by atoms with Crippen LogP contribution in [0.1, 0.15) is 49.0 Å². The smallest absolute Gasteiger partial charge is 0.320 e. The van der Waals surface area contributed by atoms with Crippen LogP contribution in [-0.4, -0.2) is 64.5 Å². The molecule has 2 aromatic rings. The fourth-order valence-corrected chi connectivity index (χ4v) is 4.87. The van der Waals surface area contributed by atoms with Crippen LogP contribution in [-0.2, 0) is 17.6 Å². The van der Waals surface area contributed by atoms with E-state index < -0.39 is 0 Å². The maximum atomic E-state index is 13.2. The lowest BCUT2D eigenvalue weighted by atomic mass is 10.0. The monoisotopic (exact) mass is 450 g/mol. The van der Waals surface area contributed by atoms with Crippen LogP contribution in [0.25, 0.3) is 0 Å². The number of ether oxygens (including phenoxy) is 1. The molecule has 3 aliphatic rings. The van der Waals surface area contributed by atoms with Crippen LogP contribution in [0, 0.1) is 0 Å². The third kappa shape index (κ3) is 4.44. The summed E-state index contributed by atoms with van der Waals surface area (Å²) >= 11 is 0. The SMILES string of the molecule is CCC(c1cnc2c(c1)NC(=O)CO2)N1CCN(CCCc2ccc3c(n2)NCCC3)C1=O. The van der Waals surface area contributed by atoms with Crippen molar-refractivity contribution in [3.05, 3.63) is 41.2 Å². The minimum absolute atomic E-state index is 0.0202. The third-order valence-corrected chi connectivity index (χ3v) is 6.57. The number of fused-ring (bicyclic) bond motifs is 2. The average Bonchev–Trinajstić information content (AvgIpc) is 3.19. The van der Waals surface area contributed by atoms with Gasteiger partial charge in [-0.25, -0.2) is 14.8 Å². The summed E-state index contributed by atoms with van der Waals surface area (Å²) < 4.78 is 5.36. The van der Waals surface area contributed by atoms with Gasteiger partial charge in [-0.05, 0) is 55.4 Å². The van der Waals surface area contributed by atoms with E-state index >= 15 is 0 Å². The van der Waals surface area contributed by atoms with Crippen LogP contribution in [0.4, 0.5) is 16.3 Å². The van der Waals surface area contributed by atoms with Gasteiger partial charge >= 0.3 is 6.03 Å². The molecule has 3 amide bonds. The number of pyridine rings is 2. The Kier molecular flexibility index (Phi) is 6.02. The van der Waals surface area contributed by atoms with E-state index in [9.17, 15) is 9.59 Å². The van der Waals surface area contributed by atoms with Crippen LogP contribution < -0.4 is 15.4 Å². The lowest BCUT2D eigenvalue weighted by Crippen LogP contribution is -2.35. The summed E-state index contributed by atoms with van der Waals surface area (Å²) in [6.07, 6.45) is 6.49. The molecule has 0 radical (unpaired) electrons. The largest absolute Gasteiger partial charge is 0.466 e. The van der Waals surface area contributed by atoms with Gasteiger partial charge in [-0.1, -0.05) is 13.0 Å². The molecule has 9 nitrogen and oxygen atoms in total. The summed E-state index contributed by atoms with van der Waals surface area (Å²) in [5.74, 6) is 1.25. The normalized spacial score (nSPS) is 18.2. The molecule has 2 aromatic heterocycles. The van der Waals surface area contributed by atoms with Crippen LogP contribution in [0.3, 0.4) is 0 Å². The molecular weight excluding hydrogens is 420 g/mol. The average molecular weight is 451 g/mol. The van der Waals surface area contributed by atoms with E-state index in [1.807, 2.05) is 15.9 Å². The molecule has 0 bridgehead atoms. The molecule has 2 N–H and O–H groups in total. The molecule has 174 valence electrons. The van der Waals surface area contributed by atoms with Crippen molar-refractivity contribution in [1.29, 1.82) is 0 Å². The number of aryl methyl sites for hydroxylation is 2. The summed E-state index contributed by atoms with van der Waals surface area (Å²) in [7, 11) is 0. The fourth-order valence-electron chi connectivity index (χ4n) is 4.87. The molecule has 1 fully saturated rings. The van der Waals surface area contributed by atoms with E-state index in [0.29, 0.717) is 31.2 Å². The highest BCUT2D eigenvalue weighted by Gasteiger charge is 2.34. The summed E-state index contributed by atoms with van der Waals surface area (Å²) in [6.45, 7) is 5.13. The number of amides is 3. The molecule has 9 heteroatoms. The standard InChI is InChI=1S/C24H30N6O3/c1-2-20(17-13-19-23(26-14-17)33-15-21(31)28-19)30-12-11-29(24(30)32)10-4-6-18-8-7-16-5-3-9-25-22(16)27-18/h7-8,13-14,20H,2-6,9-12,15H2,1H3,(H,25,27)(H,28,31). The van der Waals surface area contributed by atoms with Crippen molar-refractivity contribution in [2.45, 2.75) is 45.1 Å². The quantitative estimate of drug-likeness (QED) is 0.673. The number of anilines is 2. The highest BCUT2D eigenvalue weighted by molar-refractivity contribution is 5.94. The van der Waals surface area contributed by atoms with Crippen molar-refractivity contribution in [2.24, 2.45) is 0 Å². The van der Waals surface area contributed by atoms with Gasteiger partial charge < -0.3 is 25.2 Å². The molecule has 0 aliphatic carbocycles. The molecule has 0 aromatic carbocycles. The minimum Gasteiger partial charge on any atom is -0.466 e. The summed E-state index contributed by atoms with van der Waals surface area (Å²) in [6, 6.07) is 6.13.